The van der Waals surface area contributed by atoms with Crippen molar-refractivity contribution in [1.82, 2.24) is 4.90 Å². The monoisotopic (exact) mass is 255 g/mol. The highest BCUT2D eigenvalue weighted by Gasteiger charge is 2.10. The summed E-state index contributed by atoms with van der Waals surface area (Å²) >= 11 is 0. The predicted molar refractivity (Wildman–Crippen MR) is 84.2 cm³/mol. The Bertz CT molecular complexity index is 154. The fraction of sp³-hybridized carbons (Fsp3) is 1.00. The summed E-state index contributed by atoms with van der Waals surface area (Å²) in [5.41, 5.74) is 0. The van der Waals surface area contributed by atoms with E-state index < -0.39 is 0 Å². The number of hydrogen-bond acceptors (Lipinski definition) is 1. The molecular formula is C17H37N. The average molecular weight is 255 g/mol. The van der Waals surface area contributed by atoms with E-state index in [9.17, 15) is 0 Å². The van der Waals surface area contributed by atoms with Crippen molar-refractivity contribution in [2.24, 2.45) is 0 Å². The van der Waals surface area contributed by atoms with Crippen LogP contribution in [0.15, 0.2) is 0 Å². The van der Waals surface area contributed by atoms with Gasteiger partial charge in [-0.1, -0.05) is 78.1 Å². The molecule has 0 rings (SSSR count). The number of unbranched alkanes of at least 4 members (excludes halogenated alkanes) is 8. The Labute approximate surface area is 116 Å². The first-order valence-corrected chi connectivity index (χ1v) is 8.38. The van der Waals surface area contributed by atoms with E-state index in [0.29, 0.717) is 0 Å². The topological polar surface area (TPSA) is 3.24 Å². The molecular weight excluding hydrogens is 218 g/mol. The van der Waals surface area contributed by atoms with Gasteiger partial charge in [-0.2, -0.15) is 0 Å². The molecule has 0 heterocycles. The van der Waals surface area contributed by atoms with Gasteiger partial charge in [0.25, 0.3) is 0 Å². The van der Waals surface area contributed by atoms with Crippen molar-refractivity contribution in [3.8, 4) is 0 Å². The van der Waals surface area contributed by atoms with E-state index in [1.165, 1.54) is 77.0 Å². The first-order valence-electron chi connectivity index (χ1n) is 8.38. The fourth-order valence-corrected chi connectivity index (χ4v) is 2.63. The smallest absolute Gasteiger partial charge is 0.00891 e. The van der Waals surface area contributed by atoms with Crippen LogP contribution in [-0.4, -0.2) is 25.0 Å². The minimum atomic E-state index is 0.826. The molecule has 0 aromatic carbocycles. The van der Waals surface area contributed by atoms with Gasteiger partial charge in [0, 0.05) is 6.04 Å². The second-order valence-electron chi connectivity index (χ2n) is 6.02. The maximum atomic E-state index is 2.44. The van der Waals surface area contributed by atoms with Gasteiger partial charge in [0.1, 0.15) is 0 Å². The fourth-order valence-electron chi connectivity index (χ4n) is 2.63. The molecule has 1 unspecified atom stereocenters. The van der Waals surface area contributed by atoms with Crippen molar-refractivity contribution in [2.45, 2.75) is 96.9 Å². The van der Waals surface area contributed by atoms with Gasteiger partial charge < -0.3 is 4.90 Å². The van der Waals surface area contributed by atoms with E-state index in [1.54, 1.807) is 0 Å². The van der Waals surface area contributed by atoms with Crippen LogP contribution in [-0.2, 0) is 0 Å². The van der Waals surface area contributed by atoms with Gasteiger partial charge in [0.15, 0.2) is 0 Å². The molecule has 0 aromatic heterocycles. The lowest BCUT2D eigenvalue weighted by molar-refractivity contribution is 0.252. The van der Waals surface area contributed by atoms with Gasteiger partial charge in [-0.15, -0.1) is 0 Å². The Morgan fingerprint density at radius 3 is 1.50 bits per heavy atom. The van der Waals surface area contributed by atoms with Crippen molar-refractivity contribution in [2.75, 3.05) is 14.1 Å². The summed E-state index contributed by atoms with van der Waals surface area (Å²) in [4.78, 5) is 2.44. The zero-order valence-electron chi connectivity index (χ0n) is 13.5. The molecule has 0 bridgehead atoms. The largest absolute Gasteiger partial charge is 0.306 e. The van der Waals surface area contributed by atoms with Crippen LogP contribution >= 0.6 is 0 Å². The normalized spacial score (nSPS) is 13.2. The molecule has 110 valence electrons. The average Bonchev–Trinajstić information content (AvgIpc) is 2.35. The standard InChI is InChI=1S/C17H37N/c1-5-7-9-10-11-12-14-16-17(18(3)4)15-13-8-6-2/h17H,5-16H2,1-4H3. The molecule has 1 heteroatoms. The zero-order valence-corrected chi connectivity index (χ0v) is 13.5. The summed E-state index contributed by atoms with van der Waals surface area (Å²) in [5.74, 6) is 0. The number of rotatable bonds is 13. The molecule has 0 fully saturated rings. The van der Waals surface area contributed by atoms with Crippen LogP contribution < -0.4 is 0 Å². The molecule has 0 aliphatic rings. The number of hydrogen-bond donors (Lipinski definition) is 0. The highest BCUT2D eigenvalue weighted by molar-refractivity contribution is 4.66. The molecule has 0 saturated carbocycles. The molecule has 0 aliphatic heterocycles. The lowest BCUT2D eigenvalue weighted by Gasteiger charge is -2.24. The van der Waals surface area contributed by atoms with Gasteiger partial charge >= 0.3 is 0 Å². The van der Waals surface area contributed by atoms with Crippen LogP contribution in [0.4, 0.5) is 0 Å². The van der Waals surface area contributed by atoms with Gasteiger partial charge in [-0.3, -0.25) is 0 Å². The Morgan fingerprint density at radius 2 is 1.00 bits per heavy atom. The first kappa shape index (κ1) is 18.0. The van der Waals surface area contributed by atoms with E-state index in [1.807, 2.05) is 0 Å². The summed E-state index contributed by atoms with van der Waals surface area (Å²) < 4.78 is 0. The van der Waals surface area contributed by atoms with E-state index in [0.717, 1.165) is 6.04 Å². The van der Waals surface area contributed by atoms with Crippen LogP contribution in [0.25, 0.3) is 0 Å². The summed E-state index contributed by atoms with van der Waals surface area (Å²) in [6, 6.07) is 0.826. The van der Waals surface area contributed by atoms with E-state index >= 15 is 0 Å². The maximum Gasteiger partial charge on any atom is 0.00891 e. The van der Waals surface area contributed by atoms with Crippen molar-refractivity contribution >= 4 is 0 Å². The van der Waals surface area contributed by atoms with Gasteiger partial charge in [0.2, 0.25) is 0 Å². The molecule has 1 atom stereocenters. The summed E-state index contributed by atoms with van der Waals surface area (Å²) in [6.07, 6.45) is 17.0. The maximum absolute atomic E-state index is 2.44. The molecule has 1 nitrogen and oxygen atoms in total. The second-order valence-corrected chi connectivity index (χ2v) is 6.02. The van der Waals surface area contributed by atoms with E-state index in [2.05, 4.69) is 32.8 Å². The quantitative estimate of drug-likeness (QED) is 0.385. The summed E-state index contributed by atoms with van der Waals surface area (Å²) in [7, 11) is 4.50. The van der Waals surface area contributed by atoms with Gasteiger partial charge in [-0.05, 0) is 26.9 Å². The SMILES string of the molecule is CCCCCCCCCC(CCCCC)N(C)C. The highest BCUT2D eigenvalue weighted by Crippen LogP contribution is 2.16. The first-order chi connectivity index (χ1) is 8.72. The Hall–Kier alpha value is -0.0400. The van der Waals surface area contributed by atoms with Crippen molar-refractivity contribution in [3.63, 3.8) is 0 Å². The third kappa shape index (κ3) is 11.1. The molecule has 0 amide bonds. The van der Waals surface area contributed by atoms with Crippen LogP contribution in [0.3, 0.4) is 0 Å². The van der Waals surface area contributed by atoms with Crippen molar-refractivity contribution in [1.29, 1.82) is 0 Å². The van der Waals surface area contributed by atoms with Crippen molar-refractivity contribution < 1.29 is 0 Å². The van der Waals surface area contributed by atoms with Gasteiger partial charge in [-0.25, -0.2) is 0 Å². The van der Waals surface area contributed by atoms with Crippen molar-refractivity contribution in [3.05, 3.63) is 0 Å². The van der Waals surface area contributed by atoms with Crippen LogP contribution in [0.1, 0.15) is 90.9 Å². The zero-order chi connectivity index (χ0) is 13.6. The Balaban J connectivity index is 3.46. The Kier molecular flexibility index (Phi) is 13.4. The third-order valence-electron chi connectivity index (χ3n) is 4.01. The highest BCUT2D eigenvalue weighted by atomic mass is 15.1. The van der Waals surface area contributed by atoms with Crippen LogP contribution in [0.5, 0.6) is 0 Å². The second kappa shape index (κ2) is 13.4. The molecule has 0 spiro atoms. The van der Waals surface area contributed by atoms with E-state index in [4.69, 9.17) is 0 Å². The van der Waals surface area contributed by atoms with Gasteiger partial charge in [0.05, 0.1) is 0 Å². The molecule has 18 heavy (non-hydrogen) atoms. The minimum Gasteiger partial charge on any atom is -0.306 e. The van der Waals surface area contributed by atoms with Crippen LogP contribution in [0.2, 0.25) is 0 Å². The lowest BCUT2D eigenvalue weighted by Crippen LogP contribution is -2.27. The summed E-state index contributed by atoms with van der Waals surface area (Å²) in [6.45, 7) is 4.58. The summed E-state index contributed by atoms with van der Waals surface area (Å²) in [5, 5.41) is 0. The minimum absolute atomic E-state index is 0.826. The van der Waals surface area contributed by atoms with E-state index in [-0.39, 0.29) is 0 Å². The number of nitrogens with zero attached hydrogens (tertiary/aromatic N) is 1. The van der Waals surface area contributed by atoms with Crippen LogP contribution in [0, 0.1) is 0 Å². The lowest BCUT2D eigenvalue weighted by atomic mass is 10.00. The molecule has 0 N–H and O–H groups in total. The predicted octanol–water partition coefficient (Wildman–Crippen LogP) is 5.64. The molecule has 0 aromatic rings. The molecule has 0 saturated heterocycles. The third-order valence-corrected chi connectivity index (χ3v) is 4.01. The molecule has 0 radical (unpaired) electrons. The Morgan fingerprint density at radius 1 is 0.611 bits per heavy atom. The molecule has 0 aliphatic carbocycles.